The van der Waals surface area contributed by atoms with Crippen LogP contribution in [0.3, 0.4) is 0 Å². The van der Waals surface area contributed by atoms with E-state index in [1.165, 1.54) is 11.1 Å². The van der Waals surface area contributed by atoms with Gasteiger partial charge in [0.2, 0.25) is 0 Å². The van der Waals surface area contributed by atoms with E-state index >= 15 is 0 Å². The second kappa shape index (κ2) is 8.68. The molecule has 3 heterocycles. The number of piperazine rings is 1. The van der Waals surface area contributed by atoms with Gasteiger partial charge in [0.1, 0.15) is 17.3 Å². The van der Waals surface area contributed by atoms with Gasteiger partial charge in [-0.1, -0.05) is 35.9 Å². The van der Waals surface area contributed by atoms with Crippen molar-refractivity contribution in [3.63, 3.8) is 0 Å². The van der Waals surface area contributed by atoms with Crippen LogP contribution in [0.15, 0.2) is 61.1 Å². The van der Waals surface area contributed by atoms with Crippen molar-refractivity contribution in [2.75, 3.05) is 36.4 Å². The first-order chi connectivity index (χ1) is 14.2. The SMILES string of the molecule is Cc1ccc(CNc2cnc(C(=O)N3CCN(c4ccccn4)CC3)cn2)cc1. The summed E-state index contributed by atoms with van der Waals surface area (Å²) in [6.45, 7) is 5.53. The highest BCUT2D eigenvalue weighted by Gasteiger charge is 2.23. The van der Waals surface area contributed by atoms with Gasteiger partial charge in [0.15, 0.2) is 0 Å². The van der Waals surface area contributed by atoms with Crippen molar-refractivity contribution in [2.45, 2.75) is 13.5 Å². The summed E-state index contributed by atoms with van der Waals surface area (Å²) in [4.78, 5) is 29.8. The molecule has 7 nitrogen and oxygen atoms in total. The van der Waals surface area contributed by atoms with Gasteiger partial charge in [-0.15, -0.1) is 0 Å². The minimum atomic E-state index is -0.0803. The van der Waals surface area contributed by atoms with E-state index in [2.05, 4.69) is 56.4 Å². The molecule has 1 aromatic carbocycles. The molecule has 4 rings (SSSR count). The molecule has 0 atom stereocenters. The summed E-state index contributed by atoms with van der Waals surface area (Å²) in [5.41, 5.74) is 2.78. The van der Waals surface area contributed by atoms with Gasteiger partial charge in [0.25, 0.3) is 5.91 Å². The van der Waals surface area contributed by atoms with Gasteiger partial charge >= 0.3 is 0 Å². The fourth-order valence-electron chi connectivity index (χ4n) is 3.27. The molecule has 0 aliphatic carbocycles. The van der Waals surface area contributed by atoms with Crippen LogP contribution in [0.1, 0.15) is 21.6 Å². The monoisotopic (exact) mass is 388 g/mol. The Labute approximate surface area is 170 Å². The maximum atomic E-state index is 12.7. The zero-order valence-electron chi connectivity index (χ0n) is 16.5. The van der Waals surface area contributed by atoms with Gasteiger partial charge < -0.3 is 15.1 Å². The quantitative estimate of drug-likeness (QED) is 0.724. The standard InChI is InChI=1S/C22H24N6O/c1-17-5-7-18(8-6-17)14-25-20-16-24-19(15-26-20)22(29)28-12-10-27(11-13-28)21-4-2-3-9-23-21/h2-9,15-16H,10-14H2,1H3,(H,25,26). The number of carbonyl (C=O) groups is 1. The number of hydrogen-bond acceptors (Lipinski definition) is 6. The van der Waals surface area contributed by atoms with Crippen LogP contribution >= 0.6 is 0 Å². The molecule has 0 bridgehead atoms. The molecule has 1 N–H and O–H groups in total. The third kappa shape index (κ3) is 4.68. The zero-order valence-corrected chi connectivity index (χ0v) is 16.5. The lowest BCUT2D eigenvalue weighted by Gasteiger charge is -2.35. The molecule has 3 aromatic rings. The fraction of sp³-hybridized carbons (Fsp3) is 0.273. The molecule has 7 heteroatoms. The van der Waals surface area contributed by atoms with Gasteiger partial charge in [0.05, 0.1) is 12.4 Å². The Kier molecular flexibility index (Phi) is 5.65. The maximum absolute atomic E-state index is 12.7. The number of benzene rings is 1. The van der Waals surface area contributed by atoms with E-state index in [0.29, 0.717) is 31.1 Å². The highest BCUT2D eigenvalue weighted by atomic mass is 16.2. The van der Waals surface area contributed by atoms with Crippen molar-refractivity contribution in [2.24, 2.45) is 0 Å². The largest absolute Gasteiger partial charge is 0.365 e. The lowest BCUT2D eigenvalue weighted by Crippen LogP contribution is -2.49. The van der Waals surface area contributed by atoms with Crippen molar-refractivity contribution in [3.8, 4) is 0 Å². The molecule has 2 aromatic heterocycles. The molecular formula is C22H24N6O. The lowest BCUT2D eigenvalue weighted by atomic mass is 10.1. The summed E-state index contributed by atoms with van der Waals surface area (Å²) in [6, 6.07) is 14.2. The molecule has 1 amide bonds. The predicted molar refractivity (Wildman–Crippen MR) is 113 cm³/mol. The van der Waals surface area contributed by atoms with Crippen LogP contribution < -0.4 is 10.2 Å². The van der Waals surface area contributed by atoms with Crippen LogP contribution in [0.5, 0.6) is 0 Å². The third-order valence-electron chi connectivity index (χ3n) is 5.01. The van der Waals surface area contributed by atoms with Crippen LogP contribution in [-0.2, 0) is 6.54 Å². The van der Waals surface area contributed by atoms with Crippen molar-refractivity contribution >= 4 is 17.5 Å². The van der Waals surface area contributed by atoms with Crippen LogP contribution in [0.25, 0.3) is 0 Å². The first-order valence-electron chi connectivity index (χ1n) is 9.76. The van der Waals surface area contributed by atoms with Gasteiger partial charge in [-0.05, 0) is 24.6 Å². The van der Waals surface area contributed by atoms with Crippen LogP contribution in [-0.4, -0.2) is 51.9 Å². The van der Waals surface area contributed by atoms with E-state index in [-0.39, 0.29) is 5.91 Å². The summed E-state index contributed by atoms with van der Waals surface area (Å²) < 4.78 is 0. The molecule has 1 aliphatic rings. The van der Waals surface area contributed by atoms with Gasteiger partial charge in [-0.25, -0.2) is 15.0 Å². The molecule has 0 radical (unpaired) electrons. The van der Waals surface area contributed by atoms with E-state index in [4.69, 9.17) is 0 Å². The number of carbonyl (C=O) groups excluding carboxylic acids is 1. The van der Waals surface area contributed by atoms with Crippen molar-refractivity contribution in [1.82, 2.24) is 19.9 Å². The van der Waals surface area contributed by atoms with Gasteiger partial charge in [-0.3, -0.25) is 4.79 Å². The number of amides is 1. The van der Waals surface area contributed by atoms with Crippen LogP contribution in [0, 0.1) is 6.92 Å². The number of nitrogens with zero attached hydrogens (tertiary/aromatic N) is 5. The molecule has 1 aliphatic heterocycles. The van der Waals surface area contributed by atoms with Gasteiger partial charge in [-0.2, -0.15) is 0 Å². The Hall–Kier alpha value is -3.48. The highest BCUT2D eigenvalue weighted by Crippen LogP contribution is 2.14. The molecule has 29 heavy (non-hydrogen) atoms. The fourth-order valence-corrected chi connectivity index (χ4v) is 3.27. The van der Waals surface area contributed by atoms with Crippen molar-refractivity contribution in [1.29, 1.82) is 0 Å². The Balaban J connectivity index is 1.31. The van der Waals surface area contributed by atoms with E-state index in [0.717, 1.165) is 18.9 Å². The third-order valence-corrected chi connectivity index (χ3v) is 5.01. The van der Waals surface area contributed by atoms with Crippen molar-refractivity contribution < 1.29 is 4.79 Å². The maximum Gasteiger partial charge on any atom is 0.274 e. The number of aromatic nitrogens is 3. The number of anilines is 2. The summed E-state index contributed by atoms with van der Waals surface area (Å²) in [5.74, 6) is 1.52. The first-order valence-corrected chi connectivity index (χ1v) is 9.76. The molecule has 0 spiro atoms. The van der Waals surface area contributed by atoms with Crippen molar-refractivity contribution in [3.05, 3.63) is 77.9 Å². The van der Waals surface area contributed by atoms with E-state index < -0.39 is 0 Å². The summed E-state index contributed by atoms with van der Waals surface area (Å²) in [7, 11) is 0. The Morgan fingerprint density at radius 1 is 0.966 bits per heavy atom. The zero-order chi connectivity index (χ0) is 20.1. The summed E-state index contributed by atoms with van der Waals surface area (Å²) >= 11 is 0. The lowest BCUT2D eigenvalue weighted by molar-refractivity contribution is 0.0740. The Bertz CT molecular complexity index is 935. The number of pyridine rings is 1. The minimum absolute atomic E-state index is 0.0803. The highest BCUT2D eigenvalue weighted by molar-refractivity contribution is 5.92. The first kappa shape index (κ1) is 18.9. The summed E-state index contributed by atoms with van der Waals surface area (Å²) in [5, 5.41) is 3.24. The molecule has 1 saturated heterocycles. The second-order valence-corrected chi connectivity index (χ2v) is 7.09. The minimum Gasteiger partial charge on any atom is -0.365 e. The number of aryl methyl sites for hydroxylation is 1. The average Bonchev–Trinajstić information content (AvgIpc) is 2.79. The molecule has 0 saturated carbocycles. The van der Waals surface area contributed by atoms with E-state index in [1.54, 1.807) is 18.6 Å². The Morgan fingerprint density at radius 3 is 2.41 bits per heavy atom. The summed E-state index contributed by atoms with van der Waals surface area (Å²) in [6.07, 6.45) is 4.95. The molecule has 0 unspecified atom stereocenters. The number of nitrogens with one attached hydrogen (secondary N) is 1. The average molecular weight is 388 g/mol. The molecular weight excluding hydrogens is 364 g/mol. The van der Waals surface area contributed by atoms with Gasteiger partial charge in [0, 0.05) is 38.9 Å². The molecule has 148 valence electrons. The smallest absolute Gasteiger partial charge is 0.274 e. The predicted octanol–water partition coefficient (Wildman–Crippen LogP) is 2.75. The number of rotatable bonds is 5. The van der Waals surface area contributed by atoms with Crippen LogP contribution in [0.2, 0.25) is 0 Å². The van der Waals surface area contributed by atoms with E-state index in [1.807, 2.05) is 23.1 Å². The van der Waals surface area contributed by atoms with Crippen LogP contribution in [0.4, 0.5) is 11.6 Å². The normalized spacial score (nSPS) is 14.0. The van der Waals surface area contributed by atoms with E-state index in [9.17, 15) is 4.79 Å². The second-order valence-electron chi connectivity index (χ2n) is 7.09. The molecule has 1 fully saturated rings. The number of hydrogen-bond donors (Lipinski definition) is 1. The topological polar surface area (TPSA) is 74.2 Å². The Morgan fingerprint density at radius 2 is 1.76 bits per heavy atom.